The van der Waals surface area contributed by atoms with Crippen LogP contribution in [0.25, 0.3) is 0 Å². The van der Waals surface area contributed by atoms with E-state index in [1.165, 1.54) is 14.2 Å². The molecule has 1 spiro atoms. The van der Waals surface area contributed by atoms with Crippen molar-refractivity contribution in [1.29, 1.82) is 0 Å². The standard InChI is InChI=1S/C22H23BrN4O5/c1-31-13-4-6-18(32-2)17(10-13)25-20(29)15-8-12(9-19(24)28)27-22(15)14-7-11(23)3-5-16(14)26-21(22)30/h3-7,10,12,15,27H,8-9H2,1-2H3,(H2,24,28)(H,25,29)(H,26,30)/t12-,15-,22+/m1/s1. The van der Waals surface area contributed by atoms with Gasteiger partial charge < -0.3 is 25.8 Å². The van der Waals surface area contributed by atoms with Crippen LogP contribution in [0.3, 0.4) is 0 Å². The molecule has 1 saturated heterocycles. The number of methoxy groups -OCH3 is 2. The minimum absolute atomic E-state index is 0.00459. The van der Waals surface area contributed by atoms with Crippen molar-refractivity contribution >= 4 is 45.0 Å². The molecule has 3 atom stereocenters. The number of hydrogen-bond acceptors (Lipinski definition) is 6. The highest BCUT2D eigenvalue weighted by Gasteiger charge is 2.60. The van der Waals surface area contributed by atoms with Crippen LogP contribution in [0.2, 0.25) is 0 Å². The first-order valence-corrected chi connectivity index (χ1v) is 10.8. The molecule has 4 rings (SSSR count). The summed E-state index contributed by atoms with van der Waals surface area (Å²) in [5, 5.41) is 8.98. The molecule has 5 N–H and O–H groups in total. The molecular weight excluding hydrogens is 480 g/mol. The average Bonchev–Trinajstić information content (AvgIpc) is 3.26. The maximum Gasteiger partial charge on any atom is 0.250 e. The number of nitrogens with two attached hydrogens (primary N) is 1. The monoisotopic (exact) mass is 502 g/mol. The normalized spacial score (nSPS) is 23.5. The maximum atomic E-state index is 13.6. The number of primary amides is 1. The van der Waals surface area contributed by atoms with Crippen LogP contribution in [-0.2, 0) is 19.9 Å². The lowest BCUT2D eigenvalue weighted by atomic mass is 9.79. The van der Waals surface area contributed by atoms with Crippen molar-refractivity contribution < 1.29 is 23.9 Å². The molecule has 10 heteroatoms. The van der Waals surface area contributed by atoms with Gasteiger partial charge in [0.15, 0.2) is 0 Å². The number of amides is 3. The molecule has 2 aromatic carbocycles. The van der Waals surface area contributed by atoms with E-state index in [0.29, 0.717) is 28.4 Å². The van der Waals surface area contributed by atoms with E-state index in [1.54, 1.807) is 30.3 Å². The van der Waals surface area contributed by atoms with Crippen LogP contribution >= 0.6 is 15.9 Å². The van der Waals surface area contributed by atoms with E-state index < -0.39 is 23.4 Å². The van der Waals surface area contributed by atoms with E-state index in [2.05, 4.69) is 31.9 Å². The number of carbonyl (C=O) groups excluding carboxylic acids is 3. The van der Waals surface area contributed by atoms with Crippen LogP contribution in [0.1, 0.15) is 18.4 Å². The summed E-state index contributed by atoms with van der Waals surface area (Å²) in [6.45, 7) is 0. The summed E-state index contributed by atoms with van der Waals surface area (Å²) in [5.74, 6) is -1.07. The van der Waals surface area contributed by atoms with Crippen LogP contribution in [0.5, 0.6) is 11.5 Å². The molecular formula is C22H23BrN4O5. The fourth-order valence-corrected chi connectivity index (χ4v) is 4.90. The number of anilines is 2. The minimum Gasteiger partial charge on any atom is -0.497 e. The van der Waals surface area contributed by atoms with Crippen molar-refractivity contribution in [3.63, 3.8) is 0 Å². The lowest BCUT2D eigenvalue weighted by Gasteiger charge is -2.29. The molecule has 0 bridgehead atoms. The van der Waals surface area contributed by atoms with Crippen LogP contribution < -0.4 is 31.2 Å². The van der Waals surface area contributed by atoms with E-state index in [4.69, 9.17) is 15.2 Å². The second-order valence-electron chi connectivity index (χ2n) is 7.81. The van der Waals surface area contributed by atoms with Crippen LogP contribution in [0.4, 0.5) is 11.4 Å². The molecule has 168 valence electrons. The van der Waals surface area contributed by atoms with Gasteiger partial charge in [0.2, 0.25) is 17.7 Å². The van der Waals surface area contributed by atoms with Gasteiger partial charge in [0.05, 0.1) is 25.8 Å². The zero-order valence-electron chi connectivity index (χ0n) is 17.5. The smallest absolute Gasteiger partial charge is 0.250 e. The molecule has 0 aromatic heterocycles. The van der Waals surface area contributed by atoms with Gasteiger partial charge in [0, 0.05) is 34.3 Å². The number of nitrogens with one attached hydrogen (secondary N) is 3. The predicted molar refractivity (Wildman–Crippen MR) is 121 cm³/mol. The van der Waals surface area contributed by atoms with Crippen molar-refractivity contribution in [2.45, 2.75) is 24.4 Å². The Hall–Kier alpha value is -3.11. The zero-order valence-corrected chi connectivity index (χ0v) is 19.1. The van der Waals surface area contributed by atoms with Crippen LogP contribution in [0, 0.1) is 5.92 Å². The number of hydrogen-bond donors (Lipinski definition) is 4. The van der Waals surface area contributed by atoms with Gasteiger partial charge in [-0.2, -0.15) is 0 Å². The summed E-state index contributed by atoms with van der Waals surface area (Å²) in [7, 11) is 3.02. The lowest BCUT2D eigenvalue weighted by molar-refractivity contribution is -0.130. The third-order valence-electron chi connectivity index (χ3n) is 5.92. The van der Waals surface area contributed by atoms with Crippen molar-refractivity contribution in [3.05, 3.63) is 46.4 Å². The van der Waals surface area contributed by atoms with E-state index >= 15 is 0 Å². The molecule has 2 aliphatic rings. The largest absolute Gasteiger partial charge is 0.497 e. The minimum atomic E-state index is -1.34. The highest BCUT2D eigenvalue weighted by molar-refractivity contribution is 9.10. The molecule has 1 fully saturated rings. The van der Waals surface area contributed by atoms with E-state index in [-0.39, 0.29) is 24.7 Å². The Kier molecular flexibility index (Phi) is 5.83. The highest BCUT2D eigenvalue weighted by atomic mass is 79.9. The van der Waals surface area contributed by atoms with Gasteiger partial charge in [0.1, 0.15) is 17.0 Å². The van der Waals surface area contributed by atoms with Crippen molar-refractivity contribution in [1.82, 2.24) is 5.32 Å². The summed E-state index contributed by atoms with van der Waals surface area (Å²) >= 11 is 3.44. The van der Waals surface area contributed by atoms with Gasteiger partial charge in [-0.05, 0) is 36.8 Å². The Morgan fingerprint density at radius 3 is 2.69 bits per heavy atom. The van der Waals surface area contributed by atoms with Gasteiger partial charge >= 0.3 is 0 Å². The Morgan fingerprint density at radius 2 is 2.00 bits per heavy atom. The number of halogens is 1. The third-order valence-corrected chi connectivity index (χ3v) is 6.41. The highest BCUT2D eigenvalue weighted by Crippen LogP contribution is 2.48. The molecule has 2 aliphatic heterocycles. The lowest BCUT2D eigenvalue weighted by Crippen LogP contribution is -2.52. The molecule has 0 aliphatic carbocycles. The van der Waals surface area contributed by atoms with Crippen LogP contribution in [0.15, 0.2) is 40.9 Å². The molecule has 0 unspecified atom stereocenters. The van der Waals surface area contributed by atoms with Gasteiger partial charge in [-0.1, -0.05) is 15.9 Å². The number of carbonyl (C=O) groups is 3. The SMILES string of the molecule is COc1ccc(OC)c(NC(=O)[C@H]2C[C@H](CC(N)=O)N[C@]23C(=O)Nc2ccc(Br)cc23)c1. The Labute approximate surface area is 193 Å². The topological polar surface area (TPSA) is 132 Å². The number of ether oxygens (including phenoxy) is 2. The molecule has 9 nitrogen and oxygen atoms in total. The zero-order chi connectivity index (χ0) is 23.0. The van der Waals surface area contributed by atoms with Crippen molar-refractivity contribution in [2.24, 2.45) is 11.7 Å². The predicted octanol–water partition coefficient (Wildman–Crippen LogP) is 2.11. The number of rotatable bonds is 6. The second kappa shape index (κ2) is 8.44. The number of fused-ring (bicyclic) bond motifs is 2. The summed E-state index contributed by atoms with van der Waals surface area (Å²) in [5.41, 5.74) is 5.74. The molecule has 0 radical (unpaired) electrons. The van der Waals surface area contributed by atoms with Crippen LogP contribution in [-0.4, -0.2) is 38.0 Å². The van der Waals surface area contributed by atoms with Gasteiger partial charge in [-0.3, -0.25) is 19.7 Å². The van der Waals surface area contributed by atoms with Crippen molar-refractivity contribution in [3.8, 4) is 11.5 Å². The summed E-state index contributed by atoms with van der Waals surface area (Å²) in [6.07, 6.45) is 0.255. The van der Waals surface area contributed by atoms with Gasteiger partial charge in [0.25, 0.3) is 0 Å². The first kappa shape index (κ1) is 22.1. The fourth-order valence-electron chi connectivity index (χ4n) is 4.54. The quantitative estimate of drug-likeness (QED) is 0.478. The molecule has 2 heterocycles. The molecule has 2 aromatic rings. The maximum absolute atomic E-state index is 13.6. The molecule has 0 saturated carbocycles. The number of benzene rings is 2. The molecule has 3 amide bonds. The Balaban J connectivity index is 1.75. The first-order valence-electron chi connectivity index (χ1n) is 9.99. The van der Waals surface area contributed by atoms with E-state index in [9.17, 15) is 14.4 Å². The summed E-state index contributed by atoms with van der Waals surface area (Å²) < 4.78 is 11.4. The average molecular weight is 503 g/mol. The first-order chi connectivity index (χ1) is 15.3. The van der Waals surface area contributed by atoms with Gasteiger partial charge in [-0.25, -0.2) is 0 Å². The summed E-state index contributed by atoms with van der Waals surface area (Å²) in [4.78, 5) is 38.4. The molecule has 32 heavy (non-hydrogen) atoms. The van der Waals surface area contributed by atoms with Gasteiger partial charge in [-0.15, -0.1) is 0 Å². The second-order valence-corrected chi connectivity index (χ2v) is 8.72. The third kappa shape index (κ3) is 3.69. The van der Waals surface area contributed by atoms with E-state index in [1.807, 2.05) is 6.07 Å². The Bertz CT molecular complexity index is 1110. The fraction of sp³-hybridized carbons (Fsp3) is 0.318. The summed E-state index contributed by atoms with van der Waals surface area (Å²) in [6, 6.07) is 9.99. The van der Waals surface area contributed by atoms with Crippen molar-refractivity contribution in [2.75, 3.05) is 24.9 Å². The Morgan fingerprint density at radius 1 is 1.22 bits per heavy atom. The van der Waals surface area contributed by atoms with E-state index in [0.717, 1.165) is 4.47 Å².